The number of aliphatic hydroxyl groups excluding tert-OH is 2. The Balaban J connectivity index is 3.41. The first-order valence-corrected chi connectivity index (χ1v) is 9.23. The molecule has 0 aliphatic carbocycles. The second-order valence-corrected chi connectivity index (χ2v) is 6.54. The quantitative estimate of drug-likeness (QED) is 0.300. The second kappa shape index (κ2) is 15.4. The predicted octanol–water partition coefficient (Wildman–Crippen LogP) is 3.34. The normalized spacial score (nSPS) is 13.6. The second-order valence-electron chi connectivity index (χ2n) is 6.54. The van der Waals surface area contributed by atoms with Gasteiger partial charge in [0.1, 0.15) is 0 Å². The van der Waals surface area contributed by atoms with E-state index in [1.165, 1.54) is 0 Å². The van der Waals surface area contributed by atoms with E-state index in [0.717, 1.165) is 51.4 Å². The Morgan fingerprint density at radius 1 is 0.542 bits per heavy atom. The summed E-state index contributed by atoms with van der Waals surface area (Å²) in [4.78, 5) is 20.7. The van der Waals surface area contributed by atoms with Crippen molar-refractivity contribution in [3.8, 4) is 0 Å². The Kier molecular flexibility index (Phi) is 14.7. The maximum atomic E-state index is 10.4. The Hall–Kier alpha value is -1.14. The summed E-state index contributed by atoms with van der Waals surface area (Å²) in [6, 6.07) is 0. The van der Waals surface area contributed by atoms with Crippen molar-refractivity contribution in [2.24, 2.45) is 0 Å². The van der Waals surface area contributed by atoms with Crippen molar-refractivity contribution < 1.29 is 30.0 Å². The van der Waals surface area contributed by atoms with E-state index in [1.807, 2.05) is 0 Å². The molecule has 142 valence electrons. The van der Waals surface area contributed by atoms with Crippen LogP contribution < -0.4 is 0 Å². The fourth-order valence-electron chi connectivity index (χ4n) is 2.70. The molecule has 0 rings (SSSR count). The zero-order valence-corrected chi connectivity index (χ0v) is 14.7. The highest BCUT2D eigenvalue weighted by molar-refractivity contribution is 5.66. The van der Waals surface area contributed by atoms with E-state index in [0.29, 0.717) is 25.7 Å². The van der Waals surface area contributed by atoms with E-state index in [1.54, 1.807) is 0 Å². The van der Waals surface area contributed by atoms with Crippen LogP contribution in [0.4, 0.5) is 0 Å². The standard InChI is InChI=1S/C18H34O6/c19-15(11-7-3-1-5-9-13-17(21)22)16(20)12-8-4-2-6-10-14-18(23)24/h15-16,19-20H,1-14H2,(H,21,22)(H,23,24)/t15-,16-/m1/s1. The van der Waals surface area contributed by atoms with Crippen LogP contribution in [0.25, 0.3) is 0 Å². The molecule has 0 unspecified atom stereocenters. The van der Waals surface area contributed by atoms with Gasteiger partial charge in [-0.3, -0.25) is 9.59 Å². The lowest BCUT2D eigenvalue weighted by molar-refractivity contribution is -0.138. The van der Waals surface area contributed by atoms with Gasteiger partial charge in [0.05, 0.1) is 12.2 Å². The summed E-state index contributed by atoms with van der Waals surface area (Å²) in [5.41, 5.74) is 0. The number of rotatable bonds is 17. The van der Waals surface area contributed by atoms with Crippen LogP contribution in [-0.2, 0) is 9.59 Å². The number of unbranched alkanes of at least 4 members (excludes halogenated alkanes) is 8. The minimum absolute atomic E-state index is 0.220. The molecule has 0 saturated carbocycles. The Bertz CT molecular complexity index is 299. The third-order valence-electron chi connectivity index (χ3n) is 4.23. The SMILES string of the molecule is O=C(O)CCCCCCC[C@@H](O)[C@H](O)CCCCCCCC(=O)O. The number of hydrogen-bond donors (Lipinski definition) is 4. The first kappa shape index (κ1) is 22.9. The van der Waals surface area contributed by atoms with Crippen molar-refractivity contribution in [1.82, 2.24) is 0 Å². The molecule has 0 aliphatic heterocycles. The molecule has 0 amide bonds. The van der Waals surface area contributed by atoms with Gasteiger partial charge in [-0.2, -0.15) is 0 Å². The highest BCUT2D eigenvalue weighted by atomic mass is 16.4. The third-order valence-corrected chi connectivity index (χ3v) is 4.23. The van der Waals surface area contributed by atoms with Gasteiger partial charge in [-0.25, -0.2) is 0 Å². The fraction of sp³-hybridized carbons (Fsp3) is 0.889. The number of carboxylic acids is 2. The maximum absolute atomic E-state index is 10.4. The van der Waals surface area contributed by atoms with E-state index in [4.69, 9.17) is 10.2 Å². The lowest BCUT2D eigenvalue weighted by atomic mass is 9.99. The summed E-state index contributed by atoms with van der Waals surface area (Å²) in [5.74, 6) is -1.51. The van der Waals surface area contributed by atoms with Gasteiger partial charge in [-0.15, -0.1) is 0 Å². The van der Waals surface area contributed by atoms with Gasteiger partial charge in [0, 0.05) is 12.8 Å². The summed E-state index contributed by atoms with van der Waals surface area (Å²) in [6.07, 6.45) is 8.96. The Labute approximate surface area is 144 Å². The van der Waals surface area contributed by atoms with Crippen LogP contribution in [0.2, 0.25) is 0 Å². The Morgan fingerprint density at radius 3 is 1.17 bits per heavy atom. The molecule has 0 radical (unpaired) electrons. The average molecular weight is 346 g/mol. The average Bonchev–Trinajstić information content (AvgIpc) is 2.51. The first-order chi connectivity index (χ1) is 11.4. The molecule has 0 heterocycles. The molecule has 2 atom stereocenters. The van der Waals surface area contributed by atoms with Gasteiger partial charge >= 0.3 is 11.9 Å². The maximum Gasteiger partial charge on any atom is 0.303 e. The van der Waals surface area contributed by atoms with E-state index >= 15 is 0 Å². The van der Waals surface area contributed by atoms with Crippen molar-refractivity contribution in [1.29, 1.82) is 0 Å². The van der Waals surface area contributed by atoms with Crippen molar-refractivity contribution in [3.05, 3.63) is 0 Å². The smallest absolute Gasteiger partial charge is 0.303 e. The lowest BCUT2D eigenvalue weighted by Crippen LogP contribution is -2.25. The van der Waals surface area contributed by atoms with E-state index in [9.17, 15) is 19.8 Å². The number of carboxylic acid groups (broad SMARTS) is 2. The molecule has 6 nitrogen and oxygen atoms in total. The van der Waals surface area contributed by atoms with Gasteiger partial charge in [0.2, 0.25) is 0 Å². The summed E-state index contributed by atoms with van der Waals surface area (Å²) < 4.78 is 0. The molecule has 4 N–H and O–H groups in total. The summed E-state index contributed by atoms with van der Waals surface area (Å²) in [5, 5.41) is 36.8. The molecule has 0 spiro atoms. The molecule has 0 aromatic heterocycles. The van der Waals surface area contributed by atoms with Gasteiger partial charge < -0.3 is 20.4 Å². The van der Waals surface area contributed by atoms with Crippen LogP contribution in [-0.4, -0.2) is 44.6 Å². The van der Waals surface area contributed by atoms with Gasteiger partial charge in [0.15, 0.2) is 0 Å². The van der Waals surface area contributed by atoms with Crippen LogP contribution in [0.5, 0.6) is 0 Å². The zero-order valence-electron chi connectivity index (χ0n) is 14.7. The number of carbonyl (C=O) groups is 2. The Morgan fingerprint density at radius 2 is 0.833 bits per heavy atom. The minimum atomic E-state index is -0.754. The summed E-state index contributed by atoms with van der Waals surface area (Å²) in [6.45, 7) is 0. The molecule has 0 fully saturated rings. The third kappa shape index (κ3) is 15.7. The minimum Gasteiger partial charge on any atom is -0.481 e. The van der Waals surface area contributed by atoms with Crippen LogP contribution in [0.3, 0.4) is 0 Å². The lowest BCUT2D eigenvalue weighted by Gasteiger charge is -2.17. The summed E-state index contributed by atoms with van der Waals surface area (Å²) >= 11 is 0. The topological polar surface area (TPSA) is 115 Å². The first-order valence-electron chi connectivity index (χ1n) is 9.23. The largest absolute Gasteiger partial charge is 0.481 e. The van der Waals surface area contributed by atoms with Crippen LogP contribution in [0, 0.1) is 0 Å². The fourth-order valence-corrected chi connectivity index (χ4v) is 2.70. The van der Waals surface area contributed by atoms with Gasteiger partial charge in [0.25, 0.3) is 0 Å². The van der Waals surface area contributed by atoms with Crippen molar-refractivity contribution in [3.63, 3.8) is 0 Å². The van der Waals surface area contributed by atoms with Crippen LogP contribution in [0.15, 0.2) is 0 Å². The van der Waals surface area contributed by atoms with E-state index in [-0.39, 0.29) is 12.8 Å². The van der Waals surface area contributed by atoms with Crippen LogP contribution >= 0.6 is 0 Å². The molecule has 0 aliphatic rings. The molecular formula is C18H34O6. The summed E-state index contributed by atoms with van der Waals surface area (Å²) in [7, 11) is 0. The molecule has 0 saturated heterocycles. The van der Waals surface area contributed by atoms with Crippen molar-refractivity contribution in [2.75, 3.05) is 0 Å². The molecule has 24 heavy (non-hydrogen) atoms. The van der Waals surface area contributed by atoms with Gasteiger partial charge in [-0.05, 0) is 25.7 Å². The molecular weight excluding hydrogens is 312 g/mol. The zero-order chi connectivity index (χ0) is 18.2. The molecule has 0 bridgehead atoms. The van der Waals surface area contributed by atoms with E-state index in [2.05, 4.69) is 0 Å². The highest BCUT2D eigenvalue weighted by Gasteiger charge is 2.15. The number of aliphatic carboxylic acids is 2. The monoisotopic (exact) mass is 346 g/mol. The van der Waals surface area contributed by atoms with Crippen molar-refractivity contribution in [2.45, 2.75) is 102 Å². The molecule has 0 aromatic rings. The van der Waals surface area contributed by atoms with Gasteiger partial charge in [-0.1, -0.05) is 51.4 Å². The molecule has 6 heteroatoms. The number of hydrogen-bond acceptors (Lipinski definition) is 4. The van der Waals surface area contributed by atoms with E-state index < -0.39 is 24.1 Å². The van der Waals surface area contributed by atoms with Crippen molar-refractivity contribution >= 4 is 11.9 Å². The number of aliphatic hydroxyl groups is 2. The highest BCUT2D eigenvalue weighted by Crippen LogP contribution is 2.15. The molecule has 0 aromatic carbocycles. The predicted molar refractivity (Wildman–Crippen MR) is 91.9 cm³/mol. The van der Waals surface area contributed by atoms with Crippen LogP contribution in [0.1, 0.15) is 89.9 Å².